The Bertz CT molecular complexity index is 453. The van der Waals surface area contributed by atoms with E-state index in [0.29, 0.717) is 0 Å². The molecule has 0 atom stereocenters. The SMILES string of the molecule is Ic1ccc(CNc2ccccc2I)o1. The summed E-state index contributed by atoms with van der Waals surface area (Å²) in [5.41, 5.74) is 1.14. The number of rotatable bonds is 3. The van der Waals surface area contributed by atoms with Crippen LogP contribution in [-0.4, -0.2) is 0 Å². The van der Waals surface area contributed by atoms with Gasteiger partial charge in [0.15, 0.2) is 3.77 Å². The molecule has 0 aliphatic rings. The van der Waals surface area contributed by atoms with E-state index in [9.17, 15) is 0 Å². The Morgan fingerprint density at radius 1 is 1.07 bits per heavy atom. The van der Waals surface area contributed by atoms with Gasteiger partial charge in [-0.05, 0) is 69.4 Å². The lowest BCUT2D eigenvalue weighted by Crippen LogP contribution is -1.99. The summed E-state index contributed by atoms with van der Waals surface area (Å²) in [6, 6.07) is 12.2. The fraction of sp³-hybridized carbons (Fsp3) is 0.0909. The molecule has 15 heavy (non-hydrogen) atoms. The molecule has 0 saturated carbocycles. The van der Waals surface area contributed by atoms with E-state index in [0.717, 1.165) is 21.8 Å². The van der Waals surface area contributed by atoms with E-state index < -0.39 is 0 Å². The first-order chi connectivity index (χ1) is 7.25. The summed E-state index contributed by atoms with van der Waals surface area (Å²) in [6.07, 6.45) is 0. The molecule has 0 amide bonds. The summed E-state index contributed by atoms with van der Waals surface area (Å²) in [7, 11) is 0. The highest BCUT2D eigenvalue weighted by molar-refractivity contribution is 14.1. The highest BCUT2D eigenvalue weighted by Gasteiger charge is 2.01. The van der Waals surface area contributed by atoms with Crippen molar-refractivity contribution in [3.8, 4) is 0 Å². The van der Waals surface area contributed by atoms with Gasteiger partial charge in [-0.15, -0.1) is 0 Å². The Balaban J connectivity index is 2.02. The highest BCUT2D eigenvalue weighted by atomic mass is 127. The van der Waals surface area contributed by atoms with Crippen LogP contribution >= 0.6 is 45.2 Å². The summed E-state index contributed by atoms with van der Waals surface area (Å²) < 4.78 is 7.61. The Kier molecular flexibility index (Phi) is 3.90. The Labute approximate surface area is 116 Å². The minimum Gasteiger partial charge on any atom is -0.454 e. The number of hydrogen-bond acceptors (Lipinski definition) is 2. The van der Waals surface area contributed by atoms with E-state index in [-0.39, 0.29) is 0 Å². The van der Waals surface area contributed by atoms with Crippen LogP contribution < -0.4 is 5.32 Å². The van der Waals surface area contributed by atoms with Crippen molar-refractivity contribution >= 4 is 50.9 Å². The maximum absolute atomic E-state index is 5.47. The van der Waals surface area contributed by atoms with Crippen LogP contribution in [0.5, 0.6) is 0 Å². The molecule has 0 spiro atoms. The number of nitrogens with one attached hydrogen (secondary N) is 1. The lowest BCUT2D eigenvalue weighted by atomic mass is 10.3. The molecular formula is C11H9I2NO. The van der Waals surface area contributed by atoms with Crippen molar-refractivity contribution in [1.82, 2.24) is 0 Å². The number of benzene rings is 1. The predicted octanol–water partition coefficient (Wildman–Crippen LogP) is 4.10. The molecule has 0 fully saturated rings. The number of para-hydroxylation sites is 1. The largest absolute Gasteiger partial charge is 0.454 e. The number of anilines is 1. The third-order valence-corrected chi connectivity index (χ3v) is 3.48. The van der Waals surface area contributed by atoms with Crippen LogP contribution in [0, 0.1) is 7.34 Å². The second-order valence-electron chi connectivity index (χ2n) is 3.04. The second-order valence-corrected chi connectivity index (χ2v) is 5.26. The molecule has 78 valence electrons. The average Bonchev–Trinajstić information content (AvgIpc) is 2.63. The molecule has 2 rings (SSSR count). The quantitative estimate of drug-likeness (QED) is 0.750. The normalized spacial score (nSPS) is 10.3. The number of furan rings is 1. The van der Waals surface area contributed by atoms with Crippen LogP contribution in [0.15, 0.2) is 40.8 Å². The van der Waals surface area contributed by atoms with Gasteiger partial charge in [-0.1, -0.05) is 12.1 Å². The van der Waals surface area contributed by atoms with Crippen molar-refractivity contribution in [2.24, 2.45) is 0 Å². The molecule has 1 aromatic heterocycles. The molecule has 0 radical (unpaired) electrons. The zero-order valence-electron chi connectivity index (χ0n) is 7.84. The minimum absolute atomic E-state index is 0.725. The monoisotopic (exact) mass is 425 g/mol. The van der Waals surface area contributed by atoms with Crippen molar-refractivity contribution in [3.63, 3.8) is 0 Å². The molecule has 2 nitrogen and oxygen atoms in total. The van der Waals surface area contributed by atoms with E-state index in [1.54, 1.807) is 0 Å². The third kappa shape index (κ3) is 3.10. The maximum atomic E-state index is 5.47. The zero-order chi connectivity index (χ0) is 10.7. The summed E-state index contributed by atoms with van der Waals surface area (Å²) >= 11 is 4.48. The first kappa shape index (κ1) is 11.3. The highest BCUT2D eigenvalue weighted by Crippen LogP contribution is 2.18. The fourth-order valence-electron chi connectivity index (χ4n) is 1.23. The number of hydrogen-bond donors (Lipinski definition) is 1. The standard InChI is InChI=1S/C11H9I2NO/c12-9-3-1-2-4-10(9)14-7-8-5-6-11(13)15-8/h1-6,14H,7H2. The lowest BCUT2D eigenvalue weighted by Gasteiger charge is -2.05. The van der Waals surface area contributed by atoms with E-state index in [1.807, 2.05) is 24.3 Å². The van der Waals surface area contributed by atoms with E-state index in [4.69, 9.17) is 4.42 Å². The summed E-state index contributed by atoms with van der Waals surface area (Å²) in [5.74, 6) is 0.957. The molecule has 0 bridgehead atoms. The topological polar surface area (TPSA) is 25.2 Å². The van der Waals surface area contributed by atoms with Gasteiger partial charge in [-0.3, -0.25) is 0 Å². The van der Waals surface area contributed by atoms with Gasteiger partial charge in [-0.2, -0.15) is 0 Å². The van der Waals surface area contributed by atoms with Gasteiger partial charge in [0.1, 0.15) is 5.76 Å². The van der Waals surface area contributed by atoms with Gasteiger partial charge in [0.2, 0.25) is 0 Å². The van der Waals surface area contributed by atoms with E-state index >= 15 is 0 Å². The van der Waals surface area contributed by atoms with Crippen LogP contribution in [0.25, 0.3) is 0 Å². The molecule has 0 saturated heterocycles. The van der Waals surface area contributed by atoms with Crippen molar-refractivity contribution < 1.29 is 4.42 Å². The molecule has 0 aliphatic carbocycles. The molecule has 1 aromatic carbocycles. The molecule has 4 heteroatoms. The predicted molar refractivity (Wildman–Crippen MR) is 77.9 cm³/mol. The molecule has 2 aromatic rings. The fourth-order valence-corrected chi connectivity index (χ4v) is 2.27. The van der Waals surface area contributed by atoms with Gasteiger partial charge in [-0.25, -0.2) is 0 Å². The van der Waals surface area contributed by atoms with Crippen LogP contribution in [0.4, 0.5) is 5.69 Å². The Morgan fingerprint density at radius 2 is 1.87 bits per heavy atom. The third-order valence-electron chi connectivity index (χ3n) is 1.96. The lowest BCUT2D eigenvalue weighted by molar-refractivity contribution is 0.493. The molecule has 0 aliphatic heterocycles. The number of halogens is 2. The van der Waals surface area contributed by atoms with Gasteiger partial charge in [0.05, 0.1) is 6.54 Å². The van der Waals surface area contributed by atoms with E-state index in [1.165, 1.54) is 3.57 Å². The molecule has 0 unspecified atom stereocenters. The van der Waals surface area contributed by atoms with Crippen molar-refractivity contribution in [2.45, 2.75) is 6.54 Å². The van der Waals surface area contributed by atoms with Gasteiger partial charge < -0.3 is 9.73 Å². The smallest absolute Gasteiger partial charge is 0.164 e. The van der Waals surface area contributed by atoms with Gasteiger partial charge >= 0.3 is 0 Å². The second kappa shape index (κ2) is 5.20. The van der Waals surface area contributed by atoms with Gasteiger partial charge in [0.25, 0.3) is 0 Å². The summed E-state index contributed by atoms with van der Waals surface area (Å²) in [4.78, 5) is 0. The zero-order valence-corrected chi connectivity index (χ0v) is 12.2. The van der Waals surface area contributed by atoms with Crippen LogP contribution in [-0.2, 0) is 6.54 Å². The first-order valence-electron chi connectivity index (χ1n) is 4.48. The molecular weight excluding hydrogens is 416 g/mol. The van der Waals surface area contributed by atoms with Crippen molar-refractivity contribution in [3.05, 3.63) is 49.5 Å². The molecule has 1 heterocycles. The first-order valence-corrected chi connectivity index (χ1v) is 6.64. The van der Waals surface area contributed by atoms with Gasteiger partial charge in [0, 0.05) is 9.26 Å². The van der Waals surface area contributed by atoms with Crippen molar-refractivity contribution in [1.29, 1.82) is 0 Å². The summed E-state index contributed by atoms with van der Waals surface area (Å²) in [6.45, 7) is 0.725. The van der Waals surface area contributed by atoms with E-state index in [2.05, 4.69) is 62.6 Å². The summed E-state index contributed by atoms with van der Waals surface area (Å²) in [5, 5.41) is 3.34. The maximum Gasteiger partial charge on any atom is 0.164 e. The van der Waals surface area contributed by atoms with Crippen LogP contribution in [0.3, 0.4) is 0 Å². The van der Waals surface area contributed by atoms with Crippen LogP contribution in [0.1, 0.15) is 5.76 Å². The molecule has 1 N–H and O–H groups in total. The minimum atomic E-state index is 0.725. The average molecular weight is 425 g/mol. The van der Waals surface area contributed by atoms with Crippen molar-refractivity contribution in [2.75, 3.05) is 5.32 Å². The Morgan fingerprint density at radius 3 is 2.53 bits per heavy atom. The Hall–Kier alpha value is -0.240. The van der Waals surface area contributed by atoms with Crippen LogP contribution in [0.2, 0.25) is 0 Å².